The Labute approximate surface area is 205 Å². The van der Waals surface area contributed by atoms with E-state index in [1.165, 1.54) is 6.92 Å². The first-order chi connectivity index (χ1) is 16.8. The van der Waals surface area contributed by atoms with E-state index in [0.29, 0.717) is 37.9 Å². The average Bonchev–Trinajstić information content (AvgIpc) is 2.84. The van der Waals surface area contributed by atoms with Crippen molar-refractivity contribution in [3.63, 3.8) is 0 Å². The molecule has 0 aliphatic heterocycles. The standard InChI is InChI=1S/C25H34N6O4/c1-17(24(34)35)29-21(15-14-18-9-4-2-5-10-18)23(33)31-20(13-8-16-28-25(26)27)22(32)30-19-11-6-3-7-12-19/h2-7,9-12,17,20-21,29H,8,13-16H2,1H3,(H,30,32)(H,31,33)(H,34,35)(H4,26,27,28). The SMILES string of the molecule is CC(NC(CCc1ccccc1)C(=O)NC(CCCN=C(N)N)C(=O)Nc1ccccc1)C(=O)O. The zero-order chi connectivity index (χ0) is 25.6. The van der Waals surface area contributed by atoms with Crippen LogP contribution in [0.5, 0.6) is 0 Å². The highest BCUT2D eigenvalue weighted by molar-refractivity contribution is 5.97. The lowest BCUT2D eigenvalue weighted by atomic mass is 10.0. The van der Waals surface area contributed by atoms with Crippen LogP contribution < -0.4 is 27.4 Å². The third kappa shape index (κ3) is 10.3. The second kappa shape index (κ2) is 14.4. The van der Waals surface area contributed by atoms with Gasteiger partial charge < -0.3 is 27.2 Å². The highest BCUT2D eigenvalue weighted by Crippen LogP contribution is 2.10. The van der Waals surface area contributed by atoms with E-state index in [4.69, 9.17) is 11.5 Å². The number of aliphatic carboxylic acids is 1. The lowest BCUT2D eigenvalue weighted by Crippen LogP contribution is -2.54. The minimum absolute atomic E-state index is 0.0489. The zero-order valence-electron chi connectivity index (χ0n) is 19.8. The second-order valence-corrected chi connectivity index (χ2v) is 8.17. The third-order valence-electron chi connectivity index (χ3n) is 5.32. The minimum Gasteiger partial charge on any atom is -0.480 e. The summed E-state index contributed by atoms with van der Waals surface area (Å²) in [5.41, 5.74) is 12.3. The number of nitrogens with one attached hydrogen (secondary N) is 3. The monoisotopic (exact) mass is 482 g/mol. The lowest BCUT2D eigenvalue weighted by molar-refractivity contribution is -0.139. The number of rotatable bonds is 14. The molecule has 2 aromatic rings. The van der Waals surface area contributed by atoms with E-state index in [1.807, 2.05) is 36.4 Å². The van der Waals surface area contributed by atoms with E-state index in [-0.39, 0.29) is 11.9 Å². The van der Waals surface area contributed by atoms with Gasteiger partial charge in [0.2, 0.25) is 11.8 Å². The maximum atomic E-state index is 13.2. The molecule has 0 aliphatic rings. The molecular weight excluding hydrogens is 448 g/mol. The van der Waals surface area contributed by atoms with Gasteiger partial charge in [0.25, 0.3) is 0 Å². The largest absolute Gasteiger partial charge is 0.480 e. The second-order valence-electron chi connectivity index (χ2n) is 8.17. The van der Waals surface area contributed by atoms with Crippen molar-refractivity contribution in [3.05, 3.63) is 66.2 Å². The molecule has 0 fully saturated rings. The molecule has 10 nitrogen and oxygen atoms in total. The van der Waals surface area contributed by atoms with Crippen LogP contribution in [-0.2, 0) is 20.8 Å². The van der Waals surface area contributed by atoms with Gasteiger partial charge in [-0.05, 0) is 50.3 Å². The normalized spacial score (nSPS) is 13.2. The third-order valence-corrected chi connectivity index (χ3v) is 5.32. The molecule has 2 rings (SSSR count). The Morgan fingerprint density at radius 1 is 0.914 bits per heavy atom. The number of nitrogens with zero attached hydrogens (tertiary/aromatic N) is 1. The molecule has 2 aromatic carbocycles. The van der Waals surface area contributed by atoms with Crippen molar-refractivity contribution >= 4 is 29.4 Å². The number of hydrogen-bond donors (Lipinski definition) is 6. The molecule has 2 amide bonds. The number of carboxylic acid groups (broad SMARTS) is 1. The van der Waals surface area contributed by atoms with E-state index in [0.717, 1.165) is 5.56 Å². The van der Waals surface area contributed by atoms with Crippen LogP contribution in [0.25, 0.3) is 0 Å². The van der Waals surface area contributed by atoms with Gasteiger partial charge >= 0.3 is 5.97 Å². The number of hydrogen-bond acceptors (Lipinski definition) is 5. The number of anilines is 1. The Bertz CT molecular complexity index is 980. The number of nitrogens with two attached hydrogens (primary N) is 2. The first-order valence-electron chi connectivity index (χ1n) is 11.5. The summed E-state index contributed by atoms with van der Waals surface area (Å²) in [6.45, 7) is 1.78. The van der Waals surface area contributed by atoms with Gasteiger partial charge in [-0.25, -0.2) is 0 Å². The predicted octanol–water partition coefficient (Wildman–Crippen LogP) is 1.23. The summed E-state index contributed by atoms with van der Waals surface area (Å²) in [4.78, 5) is 41.5. The smallest absolute Gasteiger partial charge is 0.320 e. The summed E-state index contributed by atoms with van der Waals surface area (Å²) in [5.74, 6) is -1.96. The summed E-state index contributed by atoms with van der Waals surface area (Å²) in [7, 11) is 0. The summed E-state index contributed by atoms with van der Waals surface area (Å²) in [6, 6.07) is 15.9. The number of carboxylic acids is 1. The van der Waals surface area contributed by atoms with Gasteiger partial charge in [-0.3, -0.25) is 24.7 Å². The Kier molecular flexibility index (Phi) is 11.2. The van der Waals surface area contributed by atoms with Crippen molar-refractivity contribution in [1.82, 2.24) is 10.6 Å². The van der Waals surface area contributed by atoms with Gasteiger partial charge in [0.15, 0.2) is 5.96 Å². The highest BCUT2D eigenvalue weighted by atomic mass is 16.4. The molecular formula is C25H34N6O4. The number of amides is 2. The van der Waals surface area contributed by atoms with E-state index in [2.05, 4.69) is 20.9 Å². The number of guanidine groups is 1. The van der Waals surface area contributed by atoms with Crippen molar-refractivity contribution in [2.24, 2.45) is 16.5 Å². The zero-order valence-corrected chi connectivity index (χ0v) is 19.8. The van der Waals surface area contributed by atoms with Gasteiger partial charge in [0, 0.05) is 12.2 Å². The van der Waals surface area contributed by atoms with Gasteiger partial charge in [-0.15, -0.1) is 0 Å². The molecule has 0 saturated heterocycles. The number of carbonyl (C=O) groups excluding carboxylic acids is 2. The van der Waals surface area contributed by atoms with Crippen molar-refractivity contribution in [1.29, 1.82) is 0 Å². The Morgan fingerprint density at radius 3 is 2.14 bits per heavy atom. The van der Waals surface area contributed by atoms with Crippen LogP contribution in [0.15, 0.2) is 65.7 Å². The van der Waals surface area contributed by atoms with Crippen molar-refractivity contribution < 1.29 is 19.5 Å². The summed E-state index contributed by atoms with van der Waals surface area (Å²) < 4.78 is 0. The van der Waals surface area contributed by atoms with E-state index < -0.39 is 30.0 Å². The van der Waals surface area contributed by atoms with Crippen LogP contribution in [0.2, 0.25) is 0 Å². The van der Waals surface area contributed by atoms with Gasteiger partial charge in [0.05, 0.1) is 6.04 Å². The molecule has 0 saturated carbocycles. The van der Waals surface area contributed by atoms with E-state index in [1.54, 1.807) is 24.3 Å². The molecule has 0 heterocycles. The molecule has 0 radical (unpaired) electrons. The fourth-order valence-electron chi connectivity index (χ4n) is 3.41. The molecule has 0 bridgehead atoms. The van der Waals surface area contributed by atoms with E-state index in [9.17, 15) is 19.5 Å². The van der Waals surface area contributed by atoms with Crippen LogP contribution in [-0.4, -0.2) is 53.5 Å². The Balaban J connectivity index is 2.13. The van der Waals surface area contributed by atoms with Crippen LogP contribution in [0, 0.1) is 0 Å². The fourth-order valence-corrected chi connectivity index (χ4v) is 3.41. The van der Waals surface area contributed by atoms with Crippen molar-refractivity contribution in [2.45, 2.75) is 50.7 Å². The number of aliphatic imine (C=N–C) groups is 1. The number of para-hydroxylation sites is 1. The van der Waals surface area contributed by atoms with Crippen molar-refractivity contribution in [3.8, 4) is 0 Å². The molecule has 0 aliphatic carbocycles. The summed E-state index contributed by atoms with van der Waals surface area (Å²) >= 11 is 0. The molecule has 0 aromatic heterocycles. The van der Waals surface area contributed by atoms with Crippen LogP contribution in [0.4, 0.5) is 5.69 Å². The molecule has 3 unspecified atom stereocenters. The van der Waals surface area contributed by atoms with Crippen molar-refractivity contribution in [2.75, 3.05) is 11.9 Å². The van der Waals surface area contributed by atoms with Crippen LogP contribution in [0.3, 0.4) is 0 Å². The molecule has 3 atom stereocenters. The first kappa shape index (κ1) is 27.3. The van der Waals surface area contributed by atoms with E-state index >= 15 is 0 Å². The van der Waals surface area contributed by atoms with Crippen LogP contribution in [0.1, 0.15) is 31.7 Å². The van der Waals surface area contributed by atoms with Gasteiger partial charge in [-0.2, -0.15) is 0 Å². The molecule has 35 heavy (non-hydrogen) atoms. The predicted molar refractivity (Wildman–Crippen MR) is 136 cm³/mol. The lowest BCUT2D eigenvalue weighted by Gasteiger charge is -2.24. The number of carbonyl (C=O) groups is 3. The topological polar surface area (TPSA) is 172 Å². The Hall–Kier alpha value is -3.92. The summed E-state index contributed by atoms with van der Waals surface area (Å²) in [6.07, 6.45) is 1.66. The quantitative estimate of drug-likeness (QED) is 0.133. The van der Waals surface area contributed by atoms with Gasteiger partial charge in [-0.1, -0.05) is 48.5 Å². The molecule has 188 valence electrons. The molecule has 10 heteroatoms. The fraction of sp³-hybridized carbons (Fsp3) is 0.360. The number of aryl methyl sites for hydroxylation is 1. The first-order valence-corrected chi connectivity index (χ1v) is 11.5. The molecule has 0 spiro atoms. The molecule has 8 N–H and O–H groups in total. The average molecular weight is 483 g/mol. The van der Waals surface area contributed by atoms with Gasteiger partial charge in [0.1, 0.15) is 12.1 Å². The van der Waals surface area contributed by atoms with Crippen LogP contribution >= 0.6 is 0 Å². The maximum Gasteiger partial charge on any atom is 0.320 e. The number of benzene rings is 2. The summed E-state index contributed by atoms with van der Waals surface area (Å²) in [5, 5.41) is 17.8. The minimum atomic E-state index is -1.07. The Morgan fingerprint density at radius 2 is 1.54 bits per heavy atom. The highest BCUT2D eigenvalue weighted by Gasteiger charge is 2.27. The maximum absolute atomic E-state index is 13.2.